The molecule has 5 nitrogen and oxygen atoms in total. The van der Waals surface area contributed by atoms with Crippen molar-refractivity contribution in [2.24, 2.45) is 5.73 Å². The molecule has 100 valence electrons. The summed E-state index contributed by atoms with van der Waals surface area (Å²) in [6.07, 6.45) is 0. The van der Waals surface area contributed by atoms with Crippen molar-refractivity contribution in [2.75, 3.05) is 13.6 Å². The molecule has 0 saturated carbocycles. The van der Waals surface area contributed by atoms with Crippen LogP contribution in [0.1, 0.15) is 27.6 Å². The van der Waals surface area contributed by atoms with Gasteiger partial charge in [-0.05, 0) is 25.1 Å². The molecule has 0 heterocycles. The van der Waals surface area contributed by atoms with Gasteiger partial charge in [0.25, 0.3) is 11.8 Å². The van der Waals surface area contributed by atoms with E-state index in [1.54, 1.807) is 31.3 Å². The van der Waals surface area contributed by atoms with Crippen LogP contribution in [0.3, 0.4) is 0 Å². The van der Waals surface area contributed by atoms with Crippen LogP contribution in [-0.2, 0) is 0 Å². The van der Waals surface area contributed by atoms with Gasteiger partial charge >= 0.3 is 0 Å². The molecule has 1 aromatic rings. The van der Waals surface area contributed by atoms with Crippen molar-refractivity contribution in [1.29, 1.82) is 0 Å². The van der Waals surface area contributed by atoms with E-state index >= 15 is 0 Å². The summed E-state index contributed by atoms with van der Waals surface area (Å²) in [7, 11) is 1.55. The van der Waals surface area contributed by atoms with Gasteiger partial charge in [-0.1, -0.05) is 6.07 Å². The molecule has 0 fully saturated rings. The van der Waals surface area contributed by atoms with Crippen molar-refractivity contribution >= 4 is 24.2 Å². The van der Waals surface area contributed by atoms with E-state index in [0.717, 1.165) is 0 Å². The number of nitrogens with two attached hydrogens (primary N) is 1. The van der Waals surface area contributed by atoms with Crippen LogP contribution >= 0.6 is 12.4 Å². The van der Waals surface area contributed by atoms with Crippen LogP contribution in [0.15, 0.2) is 24.3 Å². The smallest absolute Gasteiger partial charge is 0.251 e. The van der Waals surface area contributed by atoms with E-state index in [2.05, 4.69) is 10.6 Å². The molecule has 0 radical (unpaired) electrons. The maximum atomic E-state index is 11.8. The third-order valence-electron chi connectivity index (χ3n) is 2.35. The number of carbonyl (C=O) groups is 2. The third-order valence-corrected chi connectivity index (χ3v) is 2.35. The Morgan fingerprint density at radius 2 is 1.83 bits per heavy atom. The maximum Gasteiger partial charge on any atom is 0.251 e. The number of benzene rings is 1. The second-order valence-corrected chi connectivity index (χ2v) is 3.77. The Morgan fingerprint density at radius 1 is 1.28 bits per heavy atom. The Bertz CT molecular complexity index is 424. The summed E-state index contributed by atoms with van der Waals surface area (Å²) in [4.78, 5) is 23.2. The van der Waals surface area contributed by atoms with E-state index in [0.29, 0.717) is 17.7 Å². The van der Waals surface area contributed by atoms with Crippen molar-refractivity contribution in [3.8, 4) is 0 Å². The molecule has 6 heteroatoms. The van der Waals surface area contributed by atoms with Crippen LogP contribution in [0.4, 0.5) is 0 Å². The zero-order valence-electron chi connectivity index (χ0n) is 10.4. The topological polar surface area (TPSA) is 84.2 Å². The van der Waals surface area contributed by atoms with Crippen LogP contribution in [0.5, 0.6) is 0 Å². The van der Waals surface area contributed by atoms with E-state index in [9.17, 15) is 9.59 Å². The molecule has 4 N–H and O–H groups in total. The summed E-state index contributed by atoms with van der Waals surface area (Å²) in [5.74, 6) is -0.444. The minimum Gasteiger partial charge on any atom is -0.355 e. The van der Waals surface area contributed by atoms with Gasteiger partial charge in [0.15, 0.2) is 0 Å². The Kier molecular flexibility index (Phi) is 7.00. The van der Waals surface area contributed by atoms with Gasteiger partial charge < -0.3 is 16.4 Å². The molecule has 1 atom stereocenters. The highest BCUT2D eigenvalue weighted by molar-refractivity contribution is 5.99. The predicted octanol–water partition coefficient (Wildman–Crippen LogP) is 0.545. The lowest BCUT2D eigenvalue weighted by Crippen LogP contribution is -2.37. The standard InChI is InChI=1S/C12H17N3O2.ClH/c1-8(7-13)15-12(17)10-5-3-4-9(6-10)11(16)14-2;/h3-6,8H,7,13H2,1-2H3,(H,14,16)(H,15,17);1H/t8-;/m0./s1. The van der Waals surface area contributed by atoms with Crippen molar-refractivity contribution in [1.82, 2.24) is 10.6 Å². The summed E-state index contributed by atoms with van der Waals surface area (Å²) in [6.45, 7) is 2.20. The molecule has 0 unspecified atom stereocenters. The van der Waals surface area contributed by atoms with Gasteiger partial charge in [0.1, 0.15) is 0 Å². The molecule has 18 heavy (non-hydrogen) atoms. The first-order valence-electron chi connectivity index (χ1n) is 5.41. The van der Waals surface area contributed by atoms with E-state index in [1.165, 1.54) is 0 Å². The highest BCUT2D eigenvalue weighted by Gasteiger charge is 2.10. The summed E-state index contributed by atoms with van der Waals surface area (Å²) in [5, 5.41) is 5.24. The van der Waals surface area contributed by atoms with E-state index in [1.807, 2.05) is 6.92 Å². The highest BCUT2D eigenvalue weighted by Crippen LogP contribution is 2.05. The molecule has 1 aromatic carbocycles. The normalized spacial score (nSPS) is 11.1. The molecule has 0 aliphatic rings. The Hall–Kier alpha value is -1.59. The number of halogens is 1. The summed E-state index contributed by atoms with van der Waals surface area (Å²) >= 11 is 0. The fourth-order valence-corrected chi connectivity index (χ4v) is 1.31. The van der Waals surface area contributed by atoms with E-state index in [-0.39, 0.29) is 30.3 Å². The fraction of sp³-hybridized carbons (Fsp3) is 0.333. The molecule has 0 saturated heterocycles. The highest BCUT2D eigenvalue weighted by atomic mass is 35.5. The number of hydrogen-bond donors (Lipinski definition) is 3. The van der Waals surface area contributed by atoms with Crippen LogP contribution in [0.25, 0.3) is 0 Å². The number of carbonyl (C=O) groups excluding carboxylic acids is 2. The molecule has 0 aliphatic carbocycles. The summed E-state index contributed by atoms with van der Waals surface area (Å²) in [5.41, 5.74) is 6.33. The monoisotopic (exact) mass is 271 g/mol. The average Bonchev–Trinajstić information content (AvgIpc) is 2.37. The lowest BCUT2D eigenvalue weighted by atomic mass is 10.1. The van der Waals surface area contributed by atoms with Gasteiger partial charge in [-0.3, -0.25) is 9.59 Å². The second kappa shape index (κ2) is 7.68. The van der Waals surface area contributed by atoms with Crippen molar-refractivity contribution < 1.29 is 9.59 Å². The number of rotatable bonds is 4. The van der Waals surface area contributed by atoms with Gasteiger partial charge in [-0.2, -0.15) is 0 Å². The summed E-state index contributed by atoms with van der Waals surface area (Å²) < 4.78 is 0. The van der Waals surface area contributed by atoms with Gasteiger partial charge in [0.2, 0.25) is 0 Å². The largest absolute Gasteiger partial charge is 0.355 e. The lowest BCUT2D eigenvalue weighted by molar-refractivity contribution is 0.0941. The quantitative estimate of drug-likeness (QED) is 0.748. The van der Waals surface area contributed by atoms with Gasteiger partial charge in [-0.15, -0.1) is 12.4 Å². The number of hydrogen-bond acceptors (Lipinski definition) is 3. The second-order valence-electron chi connectivity index (χ2n) is 3.77. The zero-order valence-corrected chi connectivity index (χ0v) is 11.2. The van der Waals surface area contributed by atoms with Crippen LogP contribution in [-0.4, -0.2) is 31.4 Å². The lowest BCUT2D eigenvalue weighted by Gasteiger charge is -2.11. The van der Waals surface area contributed by atoms with Crippen LogP contribution in [0.2, 0.25) is 0 Å². The Balaban J connectivity index is 0.00000289. The van der Waals surface area contributed by atoms with E-state index < -0.39 is 0 Å². The van der Waals surface area contributed by atoms with Crippen LogP contribution < -0.4 is 16.4 Å². The van der Waals surface area contributed by atoms with Crippen LogP contribution in [0, 0.1) is 0 Å². The first kappa shape index (κ1) is 16.4. The fourth-order valence-electron chi connectivity index (χ4n) is 1.31. The maximum absolute atomic E-state index is 11.8. The van der Waals surface area contributed by atoms with Gasteiger partial charge in [-0.25, -0.2) is 0 Å². The minimum atomic E-state index is -0.228. The van der Waals surface area contributed by atoms with Gasteiger partial charge in [0, 0.05) is 30.8 Å². The summed E-state index contributed by atoms with van der Waals surface area (Å²) in [6, 6.07) is 6.45. The van der Waals surface area contributed by atoms with Crippen molar-refractivity contribution in [3.05, 3.63) is 35.4 Å². The SMILES string of the molecule is CNC(=O)c1cccc(C(=O)N[C@@H](C)CN)c1.Cl. The molecule has 0 aliphatic heterocycles. The molecule has 0 aromatic heterocycles. The number of amides is 2. The molecule has 0 spiro atoms. The molecule has 1 rings (SSSR count). The molecular weight excluding hydrogens is 254 g/mol. The van der Waals surface area contributed by atoms with Crippen molar-refractivity contribution in [3.63, 3.8) is 0 Å². The average molecular weight is 272 g/mol. The Morgan fingerprint density at radius 3 is 2.33 bits per heavy atom. The molecular formula is C12H18ClN3O2. The first-order chi connectivity index (χ1) is 8.08. The van der Waals surface area contributed by atoms with Crippen molar-refractivity contribution in [2.45, 2.75) is 13.0 Å². The number of nitrogens with one attached hydrogen (secondary N) is 2. The van der Waals surface area contributed by atoms with E-state index in [4.69, 9.17) is 5.73 Å². The Labute approximate surface area is 113 Å². The minimum absolute atomic E-state index is 0. The molecule has 0 bridgehead atoms. The first-order valence-corrected chi connectivity index (χ1v) is 5.41. The predicted molar refractivity (Wildman–Crippen MR) is 73.1 cm³/mol. The third kappa shape index (κ3) is 4.35. The zero-order chi connectivity index (χ0) is 12.8. The molecule has 2 amide bonds. The van der Waals surface area contributed by atoms with Gasteiger partial charge in [0.05, 0.1) is 0 Å².